The predicted octanol–water partition coefficient (Wildman–Crippen LogP) is 1.94. The zero-order valence-electron chi connectivity index (χ0n) is 14.2. The van der Waals surface area contributed by atoms with E-state index in [9.17, 15) is 0 Å². The predicted molar refractivity (Wildman–Crippen MR) is 95.4 cm³/mol. The Morgan fingerprint density at radius 3 is 2.61 bits per heavy atom. The Hall–Kier alpha value is -1.85. The van der Waals surface area contributed by atoms with E-state index in [0.29, 0.717) is 0 Å². The number of nitrogens with zero attached hydrogens (tertiary/aromatic N) is 4. The van der Waals surface area contributed by atoms with Crippen molar-refractivity contribution < 1.29 is 0 Å². The van der Waals surface area contributed by atoms with Gasteiger partial charge in [-0.15, -0.1) is 0 Å². The number of nitrogens with two attached hydrogens (primary N) is 1. The summed E-state index contributed by atoms with van der Waals surface area (Å²) < 4.78 is 2.05. The van der Waals surface area contributed by atoms with E-state index >= 15 is 0 Å². The van der Waals surface area contributed by atoms with Crippen LogP contribution in [0.1, 0.15) is 12.5 Å². The lowest BCUT2D eigenvalue weighted by Crippen LogP contribution is -2.45. The maximum absolute atomic E-state index is 5.99. The van der Waals surface area contributed by atoms with Gasteiger partial charge in [-0.25, -0.2) is 0 Å². The van der Waals surface area contributed by atoms with Crippen molar-refractivity contribution in [3.63, 3.8) is 0 Å². The molecule has 5 nitrogen and oxygen atoms in total. The summed E-state index contributed by atoms with van der Waals surface area (Å²) in [6.45, 7) is 8.78. The van der Waals surface area contributed by atoms with Crippen LogP contribution in [0.25, 0.3) is 11.1 Å². The smallest absolute Gasteiger partial charge is 0.0568 e. The minimum absolute atomic E-state index is 0.874. The Morgan fingerprint density at radius 2 is 1.87 bits per heavy atom. The fourth-order valence-corrected chi connectivity index (χ4v) is 3.04. The Kier molecular flexibility index (Phi) is 4.98. The number of rotatable bonds is 5. The number of anilines is 1. The number of piperazine rings is 1. The number of likely N-dealkylation sites (N-methyl/N-ethyl adjacent to an activating group) is 1. The maximum Gasteiger partial charge on any atom is 0.0568 e. The molecule has 0 amide bonds. The van der Waals surface area contributed by atoms with Gasteiger partial charge in [0.15, 0.2) is 0 Å². The molecule has 0 bridgehead atoms. The summed E-state index contributed by atoms with van der Waals surface area (Å²) in [5.74, 6) is 0. The summed E-state index contributed by atoms with van der Waals surface area (Å²) in [6.07, 6.45) is 5.05. The normalized spacial score (nSPS) is 16.8. The molecular weight excluding hydrogens is 286 g/mol. The number of benzene rings is 1. The second-order valence-corrected chi connectivity index (χ2v) is 6.40. The van der Waals surface area contributed by atoms with Crippen molar-refractivity contribution in [2.45, 2.75) is 19.9 Å². The van der Waals surface area contributed by atoms with Crippen molar-refractivity contribution in [1.29, 1.82) is 0 Å². The van der Waals surface area contributed by atoms with Crippen molar-refractivity contribution >= 4 is 5.69 Å². The topological polar surface area (TPSA) is 50.3 Å². The molecule has 3 rings (SSSR count). The van der Waals surface area contributed by atoms with Crippen LogP contribution >= 0.6 is 0 Å². The first-order valence-electron chi connectivity index (χ1n) is 8.48. The van der Waals surface area contributed by atoms with Gasteiger partial charge < -0.3 is 10.6 Å². The Balaban J connectivity index is 1.62. The Morgan fingerprint density at radius 1 is 1.09 bits per heavy atom. The molecule has 0 radical (unpaired) electrons. The van der Waals surface area contributed by atoms with Crippen LogP contribution in [0.5, 0.6) is 0 Å². The molecule has 0 unspecified atom stereocenters. The highest BCUT2D eigenvalue weighted by molar-refractivity contribution is 5.66. The largest absolute Gasteiger partial charge is 0.399 e. The molecule has 1 aromatic heterocycles. The van der Waals surface area contributed by atoms with Crippen LogP contribution in [-0.2, 0) is 13.0 Å². The minimum atomic E-state index is 0.874. The monoisotopic (exact) mass is 313 g/mol. The van der Waals surface area contributed by atoms with E-state index < -0.39 is 0 Å². The van der Waals surface area contributed by atoms with Gasteiger partial charge in [0, 0.05) is 50.2 Å². The summed E-state index contributed by atoms with van der Waals surface area (Å²) in [7, 11) is 2.19. The molecule has 2 aromatic rings. The molecule has 1 fully saturated rings. The van der Waals surface area contributed by atoms with E-state index in [2.05, 4.69) is 51.9 Å². The van der Waals surface area contributed by atoms with E-state index in [0.717, 1.165) is 56.9 Å². The quantitative estimate of drug-likeness (QED) is 0.857. The van der Waals surface area contributed by atoms with Crippen molar-refractivity contribution in [1.82, 2.24) is 19.6 Å². The van der Waals surface area contributed by atoms with E-state index in [4.69, 9.17) is 5.73 Å². The van der Waals surface area contributed by atoms with Gasteiger partial charge in [-0.2, -0.15) is 5.10 Å². The average Bonchev–Trinajstić information content (AvgIpc) is 3.04. The van der Waals surface area contributed by atoms with E-state index in [1.807, 2.05) is 12.3 Å². The summed E-state index contributed by atoms with van der Waals surface area (Å²) >= 11 is 0. The second-order valence-electron chi connectivity index (χ2n) is 6.40. The van der Waals surface area contributed by atoms with Gasteiger partial charge in [0.05, 0.1) is 12.7 Å². The molecule has 0 aliphatic carbocycles. The standard InChI is InChI=1S/C18H27N5/c1-3-15-12-16(4-5-18(15)19)17-13-20-23(14-17)11-10-22-8-6-21(2)7-9-22/h4-5,12-14H,3,6-11,19H2,1-2H3. The van der Waals surface area contributed by atoms with Gasteiger partial charge in [0.2, 0.25) is 0 Å². The van der Waals surface area contributed by atoms with Crippen LogP contribution < -0.4 is 5.73 Å². The van der Waals surface area contributed by atoms with E-state index in [-0.39, 0.29) is 0 Å². The average molecular weight is 313 g/mol. The van der Waals surface area contributed by atoms with Gasteiger partial charge in [0.1, 0.15) is 0 Å². The first-order valence-corrected chi connectivity index (χ1v) is 8.48. The summed E-state index contributed by atoms with van der Waals surface area (Å²) in [5, 5.41) is 4.52. The fourth-order valence-electron chi connectivity index (χ4n) is 3.04. The first kappa shape index (κ1) is 16.0. The molecule has 1 aliphatic heterocycles. The molecule has 23 heavy (non-hydrogen) atoms. The van der Waals surface area contributed by atoms with Gasteiger partial charge in [-0.05, 0) is 36.7 Å². The molecule has 0 spiro atoms. The fraction of sp³-hybridized carbons (Fsp3) is 0.500. The Bertz CT molecular complexity index is 641. The molecule has 1 aromatic carbocycles. The third-order valence-electron chi connectivity index (χ3n) is 4.73. The molecule has 1 saturated heterocycles. The molecule has 2 heterocycles. The van der Waals surface area contributed by atoms with Crippen molar-refractivity contribution in [3.05, 3.63) is 36.2 Å². The van der Waals surface area contributed by atoms with Crippen LogP contribution in [0.15, 0.2) is 30.6 Å². The number of aryl methyl sites for hydroxylation is 1. The highest BCUT2D eigenvalue weighted by atomic mass is 15.3. The third-order valence-corrected chi connectivity index (χ3v) is 4.73. The van der Waals surface area contributed by atoms with Crippen molar-refractivity contribution in [2.24, 2.45) is 0 Å². The summed E-state index contributed by atoms with van der Waals surface area (Å²) in [6, 6.07) is 6.25. The molecule has 0 saturated carbocycles. The molecule has 1 aliphatic rings. The van der Waals surface area contributed by atoms with Crippen LogP contribution in [0.4, 0.5) is 5.69 Å². The number of nitrogen functional groups attached to an aromatic ring is 1. The zero-order valence-corrected chi connectivity index (χ0v) is 14.2. The second kappa shape index (κ2) is 7.15. The third kappa shape index (κ3) is 3.92. The van der Waals surface area contributed by atoms with Gasteiger partial charge >= 0.3 is 0 Å². The van der Waals surface area contributed by atoms with Gasteiger partial charge in [-0.1, -0.05) is 13.0 Å². The molecule has 2 N–H and O–H groups in total. The summed E-state index contributed by atoms with van der Waals surface area (Å²) in [4.78, 5) is 4.90. The van der Waals surface area contributed by atoms with Gasteiger partial charge in [0.25, 0.3) is 0 Å². The van der Waals surface area contributed by atoms with Crippen LogP contribution in [0.2, 0.25) is 0 Å². The highest BCUT2D eigenvalue weighted by Gasteiger charge is 2.13. The first-order chi connectivity index (χ1) is 11.2. The molecule has 124 valence electrons. The number of hydrogen-bond donors (Lipinski definition) is 1. The van der Waals surface area contributed by atoms with Crippen molar-refractivity contribution in [2.75, 3.05) is 45.5 Å². The Labute approximate surface area is 138 Å². The molecule has 0 atom stereocenters. The zero-order chi connectivity index (χ0) is 16.2. The lowest BCUT2D eigenvalue weighted by molar-refractivity contribution is 0.149. The maximum atomic E-state index is 5.99. The molecular formula is C18H27N5. The van der Waals surface area contributed by atoms with Crippen LogP contribution in [0.3, 0.4) is 0 Å². The van der Waals surface area contributed by atoms with E-state index in [1.165, 1.54) is 11.1 Å². The summed E-state index contributed by atoms with van der Waals surface area (Å²) in [5.41, 5.74) is 10.4. The number of hydrogen-bond acceptors (Lipinski definition) is 4. The lowest BCUT2D eigenvalue weighted by atomic mass is 10.0. The van der Waals surface area contributed by atoms with E-state index in [1.54, 1.807) is 0 Å². The SMILES string of the molecule is CCc1cc(-c2cnn(CCN3CCN(C)CC3)c2)ccc1N. The number of aromatic nitrogens is 2. The molecule has 5 heteroatoms. The van der Waals surface area contributed by atoms with Gasteiger partial charge in [-0.3, -0.25) is 9.58 Å². The van der Waals surface area contributed by atoms with Crippen LogP contribution in [0, 0.1) is 0 Å². The van der Waals surface area contributed by atoms with Crippen molar-refractivity contribution in [3.8, 4) is 11.1 Å². The minimum Gasteiger partial charge on any atom is -0.399 e. The highest BCUT2D eigenvalue weighted by Crippen LogP contribution is 2.23. The van der Waals surface area contributed by atoms with Crippen LogP contribution in [-0.4, -0.2) is 59.4 Å². The lowest BCUT2D eigenvalue weighted by Gasteiger charge is -2.32.